The smallest absolute Gasteiger partial charge is 0.155 e. The van der Waals surface area contributed by atoms with E-state index in [0.29, 0.717) is 5.76 Å². The maximum Gasteiger partial charge on any atom is 0.155 e. The van der Waals surface area contributed by atoms with Gasteiger partial charge in [-0.15, -0.1) is 0 Å². The van der Waals surface area contributed by atoms with E-state index in [-0.39, 0.29) is 5.41 Å². The summed E-state index contributed by atoms with van der Waals surface area (Å²) in [4.78, 5) is 7.03. The Morgan fingerprint density at radius 1 is 0.941 bits per heavy atom. The molecule has 3 nitrogen and oxygen atoms in total. The summed E-state index contributed by atoms with van der Waals surface area (Å²) in [6.45, 7) is 24.6. The molecular formula is C31H36N2O. The normalized spacial score (nSPS) is 12.7. The predicted molar refractivity (Wildman–Crippen MR) is 150 cm³/mol. The van der Waals surface area contributed by atoms with Crippen molar-refractivity contribution in [1.29, 1.82) is 0 Å². The van der Waals surface area contributed by atoms with Crippen LogP contribution >= 0.6 is 0 Å². The fourth-order valence-corrected chi connectivity index (χ4v) is 4.08. The molecule has 3 aromatic rings. The Kier molecular flexibility index (Phi) is 7.36. The summed E-state index contributed by atoms with van der Waals surface area (Å²) >= 11 is 0. The zero-order valence-electron chi connectivity index (χ0n) is 21.3. The lowest BCUT2D eigenvalue weighted by molar-refractivity contribution is 0.432. The van der Waals surface area contributed by atoms with Crippen LogP contribution in [0.5, 0.6) is 5.75 Å². The maximum absolute atomic E-state index is 6.61. The van der Waals surface area contributed by atoms with Crippen molar-refractivity contribution in [2.75, 3.05) is 0 Å². The van der Waals surface area contributed by atoms with Crippen molar-refractivity contribution >= 4 is 35.2 Å². The van der Waals surface area contributed by atoms with Crippen LogP contribution < -0.4 is 4.74 Å². The van der Waals surface area contributed by atoms with Gasteiger partial charge in [-0.3, -0.25) is 0 Å². The minimum Gasteiger partial charge on any atom is -0.455 e. The molecule has 176 valence electrons. The van der Waals surface area contributed by atoms with Crippen molar-refractivity contribution in [3.63, 3.8) is 0 Å². The summed E-state index contributed by atoms with van der Waals surface area (Å²) in [6.07, 6.45) is 15.5. The number of rotatable bonds is 8. The Bertz CT molecular complexity index is 1330. The number of aromatic nitrogens is 2. The molecule has 0 unspecified atom stereocenters. The third kappa shape index (κ3) is 4.79. The number of hydrogen-bond acceptors (Lipinski definition) is 1. The van der Waals surface area contributed by atoms with Crippen LogP contribution in [0.1, 0.15) is 67.0 Å². The molecule has 0 atom stereocenters. The second-order valence-corrected chi connectivity index (χ2v) is 9.42. The summed E-state index contributed by atoms with van der Waals surface area (Å²) in [5, 5.41) is 1.10. The quantitative estimate of drug-likeness (QED) is 0.260. The lowest BCUT2D eigenvalue weighted by atomic mass is 9.85. The van der Waals surface area contributed by atoms with E-state index in [0.717, 1.165) is 44.9 Å². The molecule has 3 heteroatoms. The Balaban J connectivity index is 2.21. The van der Waals surface area contributed by atoms with Crippen LogP contribution in [0, 0.1) is 13.8 Å². The zero-order chi connectivity index (χ0) is 25.0. The van der Waals surface area contributed by atoms with Crippen LogP contribution in [-0.4, -0.2) is 9.97 Å². The molecule has 0 saturated heterocycles. The molecule has 0 spiro atoms. The van der Waals surface area contributed by atoms with E-state index < -0.39 is 0 Å². The average Bonchev–Trinajstić information content (AvgIpc) is 3.29. The van der Waals surface area contributed by atoms with Crippen molar-refractivity contribution < 1.29 is 4.74 Å². The van der Waals surface area contributed by atoms with Gasteiger partial charge in [0.05, 0.1) is 5.52 Å². The Morgan fingerprint density at radius 2 is 1.65 bits per heavy atom. The molecule has 0 aliphatic rings. The van der Waals surface area contributed by atoms with E-state index in [9.17, 15) is 0 Å². The van der Waals surface area contributed by atoms with Crippen molar-refractivity contribution in [1.82, 2.24) is 9.97 Å². The topological polar surface area (TPSA) is 40.8 Å². The molecule has 2 aromatic heterocycles. The van der Waals surface area contributed by atoms with Crippen LogP contribution in [0.2, 0.25) is 0 Å². The number of nitrogens with one attached hydrogen (secondary N) is 2. The first-order valence-corrected chi connectivity index (χ1v) is 11.6. The number of ether oxygens (including phenoxy) is 1. The van der Waals surface area contributed by atoms with Crippen molar-refractivity contribution in [2.24, 2.45) is 0 Å². The largest absolute Gasteiger partial charge is 0.455 e. The summed E-state index contributed by atoms with van der Waals surface area (Å²) in [5.41, 5.74) is 8.46. The van der Waals surface area contributed by atoms with E-state index in [1.165, 1.54) is 11.1 Å². The van der Waals surface area contributed by atoms with E-state index in [2.05, 4.69) is 82.5 Å². The van der Waals surface area contributed by atoms with Crippen LogP contribution in [0.25, 0.3) is 35.2 Å². The van der Waals surface area contributed by atoms with Gasteiger partial charge in [0.1, 0.15) is 5.76 Å². The van der Waals surface area contributed by atoms with Gasteiger partial charge < -0.3 is 14.7 Å². The van der Waals surface area contributed by atoms with Crippen molar-refractivity contribution in [3.05, 3.63) is 101 Å². The maximum atomic E-state index is 6.61. The number of H-pyrrole nitrogens is 2. The van der Waals surface area contributed by atoms with Crippen molar-refractivity contribution in [2.45, 2.75) is 47.0 Å². The molecule has 3 rings (SSSR count). The van der Waals surface area contributed by atoms with Gasteiger partial charge in [-0.25, -0.2) is 0 Å². The zero-order valence-corrected chi connectivity index (χ0v) is 21.3. The van der Waals surface area contributed by atoms with Gasteiger partial charge in [-0.2, -0.15) is 0 Å². The summed E-state index contributed by atoms with van der Waals surface area (Å²) in [6, 6.07) is 4.32. The van der Waals surface area contributed by atoms with Gasteiger partial charge >= 0.3 is 0 Å². The second-order valence-electron chi connectivity index (χ2n) is 9.42. The Hall–Kier alpha value is -3.72. The third-order valence-electron chi connectivity index (χ3n) is 6.09. The van der Waals surface area contributed by atoms with Crippen LogP contribution in [0.3, 0.4) is 0 Å². The first-order valence-electron chi connectivity index (χ1n) is 11.6. The fraction of sp³-hybridized carbons (Fsp3) is 0.226. The Morgan fingerprint density at radius 3 is 2.24 bits per heavy atom. The minimum absolute atomic E-state index is 0.113. The van der Waals surface area contributed by atoms with E-state index in [4.69, 9.17) is 4.74 Å². The molecule has 0 bridgehead atoms. The number of aromatic amines is 2. The van der Waals surface area contributed by atoms with E-state index in [1.807, 2.05) is 37.3 Å². The first kappa shape index (κ1) is 24.9. The van der Waals surface area contributed by atoms with Crippen LogP contribution in [0.4, 0.5) is 0 Å². The highest BCUT2D eigenvalue weighted by Gasteiger charge is 2.24. The number of fused-ring (bicyclic) bond motifs is 1. The predicted octanol–water partition coefficient (Wildman–Crippen LogP) is 8.89. The highest BCUT2D eigenvalue weighted by atomic mass is 16.5. The highest BCUT2D eigenvalue weighted by molar-refractivity contribution is 5.97. The Labute approximate surface area is 203 Å². The molecule has 0 aliphatic heterocycles. The van der Waals surface area contributed by atoms with Crippen LogP contribution in [-0.2, 0) is 5.41 Å². The summed E-state index contributed by atoms with van der Waals surface area (Å²) < 4.78 is 6.61. The summed E-state index contributed by atoms with van der Waals surface area (Å²) in [5.74, 6) is 1.48. The average molecular weight is 453 g/mol. The first-order chi connectivity index (χ1) is 16.2. The lowest BCUT2D eigenvalue weighted by Gasteiger charge is -2.23. The molecular weight excluding hydrogens is 416 g/mol. The number of hydrogen-bond donors (Lipinski definition) is 2. The molecule has 0 radical (unpaired) electrons. The minimum atomic E-state index is -0.113. The van der Waals surface area contributed by atoms with Gasteiger partial charge in [0.15, 0.2) is 5.75 Å². The second kappa shape index (κ2) is 10.0. The number of allylic oxidation sites excluding steroid dienone is 4. The SMILES string of the molecule is C=C/C=C\c1[nH]c(/C=C(\C=C)Oc2c(C(C)(C)C)ccc3c(/C=C\C)c(C=C)[nH]c23)c(C)c1C. The van der Waals surface area contributed by atoms with E-state index >= 15 is 0 Å². The molecule has 0 amide bonds. The van der Waals surface area contributed by atoms with Gasteiger partial charge in [-0.05, 0) is 55.5 Å². The van der Waals surface area contributed by atoms with Gasteiger partial charge in [0.25, 0.3) is 0 Å². The molecule has 2 heterocycles. The van der Waals surface area contributed by atoms with Gasteiger partial charge in [0.2, 0.25) is 0 Å². The molecule has 0 saturated carbocycles. The number of benzene rings is 1. The molecule has 1 aromatic carbocycles. The standard InChI is InChI=1S/C31H36N2O/c1-10-14-16-27-20(5)21(6)28(32-27)19-22(12-3)34-30-25(31(7,8)9)18-17-24-23(15-11-2)26(13-4)33-29(24)30/h10-19,32-33H,1,3-4H2,2,5-9H3/b15-11-,16-14-,22-19+. The monoisotopic (exact) mass is 452 g/mol. The lowest BCUT2D eigenvalue weighted by Crippen LogP contribution is -2.13. The van der Waals surface area contributed by atoms with Crippen molar-refractivity contribution in [3.8, 4) is 5.75 Å². The fourth-order valence-electron chi connectivity index (χ4n) is 4.08. The highest BCUT2D eigenvalue weighted by Crippen LogP contribution is 2.40. The van der Waals surface area contributed by atoms with Crippen LogP contribution in [0.15, 0.2) is 61.9 Å². The molecule has 0 aliphatic carbocycles. The molecule has 0 fully saturated rings. The third-order valence-corrected chi connectivity index (χ3v) is 6.09. The van der Waals surface area contributed by atoms with E-state index in [1.54, 1.807) is 12.2 Å². The summed E-state index contributed by atoms with van der Waals surface area (Å²) in [7, 11) is 0. The molecule has 34 heavy (non-hydrogen) atoms. The molecule has 2 N–H and O–H groups in total. The van der Waals surface area contributed by atoms with Gasteiger partial charge in [-0.1, -0.05) is 76.9 Å². The van der Waals surface area contributed by atoms with Gasteiger partial charge in [0, 0.05) is 39.7 Å².